The Hall–Kier alpha value is -4.57. The standard InChI is InChI=1S/C29H42N4O9.C4H10N2O/c1-19(2)27(32-23(34)11-13-40-15-16-41-14-12-33-25(36)9-10-26(33)37)28(38)30-17-24(35)31-22-7-5-21(6-8-22)18-42-29(39)20(3)4;1-2-3-6-4(5)7/h5-8,19-20,27H,9-18H2,1-4H3,(H,30,38)(H,31,35)(H,32,34);2-3H2,1H3,(H3,5,6,7). The zero-order valence-corrected chi connectivity index (χ0v) is 29.1. The Morgan fingerprint density at radius 2 is 1.47 bits per heavy atom. The van der Waals surface area contributed by atoms with E-state index in [1.54, 1.807) is 52.0 Å². The van der Waals surface area contributed by atoms with E-state index < -0.39 is 23.9 Å². The largest absolute Gasteiger partial charge is 0.461 e. The lowest BCUT2D eigenvalue weighted by molar-refractivity contribution is -0.148. The number of nitrogens with two attached hydrogens (primary N) is 1. The summed E-state index contributed by atoms with van der Waals surface area (Å²) in [7, 11) is 0. The van der Waals surface area contributed by atoms with Crippen LogP contribution in [0.1, 0.15) is 65.9 Å². The molecular weight excluding hydrogens is 640 g/mol. The number of esters is 1. The van der Waals surface area contributed by atoms with Crippen LogP contribution in [0.4, 0.5) is 10.5 Å². The zero-order valence-electron chi connectivity index (χ0n) is 29.1. The van der Waals surface area contributed by atoms with Crippen molar-refractivity contribution in [2.75, 3.05) is 51.4 Å². The number of hydrogen-bond acceptors (Lipinski definition) is 10. The van der Waals surface area contributed by atoms with Crippen molar-refractivity contribution in [1.82, 2.24) is 20.9 Å². The third-order valence-electron chi connectivity index (χ3n) is 6.79. The summed E-state index contributed by atoms with van der Waals surface area (Å²) in [4.78, 5) is 83.1. The number of amides is 7. The van der Waals surface area contributed by atoms with E-state index in [1.807, 2.05) is 6.92 Å². The Labute approximate surface area is 287 Å². The van der Waals surface area contributed by atoms with Crippen LogP contribution in [0.5, 0.6) is 0 Å². The first-order chi connectivity index (χ1) is 23.2. The average Bonchev–Trinajstić information content (AvgIpc) is 3.38. The third-order valence-corrected chi connectivity index (χ3v) is 6.79. The zero-order chi connectivity index (χ0) is 36.8. The van der Waals surface area contributed by atoms with Crippen molar-refractivity contribution in [1.29, 1.82) is 0 Å². The molecule has 0 saturated carbocycles. The molecule has 1 atom stereocenters. The van der Waals surface area contributed by atoms with Crippen LogP contribution in [0.2, 0.25) is 0 Å². The lowest BCUT2D eigenvalue weighted by Gasteiger charge is -2.21. The van der Waals surface area contributed by atoms with Crippen molar-refractivity contribution in [2.24, 2.45) is 17.6 Å². The highest BCUT2D eigenvalue weighted by Gasteiger charge is 2.28. The Morgan fingerprint density at radius 1 is 0.857 bits per heavy atom. The number of carbonyl (C=O) groups excluding carboxylic acids is 7. The van der Waals surface area contributed by atoms with E-state index in [0.717, 1.165) is 12.0 Å². The van der Waals surface area contributed by atoms with Gasteiger partial charge in [0, 0.05) is 31.5 Å². The van der Waals surface area contributed by atoms with Gasteiger partial charge >= 0.3 is 12.0 Å². The smallest absolute Gasteiger partial charge is 0.312 e. The molecule has 0 aromatic heterocycles. The molecule has 16 nitrogen and oxygen atoms in total. The van der Waals surface area contributed by atoms with Crippen LogP contribution in [-0.4, -0.2) is 98.5 Å². The number of carbonyl (C=O) groups is 7. The Kier molecular flexibility index (Phi) is 20.5. The van der Waals surface area contributed by atoms with Crippen LogP contribution in [0.3, 0.4) is 0 Å². The highest BCUT2D eigenvalue weighted by Crippen LogP contribution is 2.12. The van der Waals surface area contributed by atoms with Crippen LogP contribution < -0.4 is 27.0 Å². The fourth-order valence-corrected chi connectivity index (χ4v) is 4.03. The molecule has 16 heteroatoms. The summed E-state index contributed by atoms with van der Waals surface area (Å²) in [6.07, 6.45) is 1.45. The molecule has 1 aliphatic heterocycles. The van der Waals surface area contributed by atoms with Crippen LogP contribution in [0, 0.1) is 11.8 Å². The van der Waals surface area contributed by atoms with E-state index in [1.165, 1.54) is 4.90 Å². The number of nitrogens with zero attached hydrogens (tertiary/aromatic N) is 1. The molecule has 1 fully saturated rings. The van der Waals surface area contributed by atoms with Gasteiger partial charge in [-0.3, -0.25) is 33.7 Å². The second-order valence-corrected chi connectivity index (χ2v) is 11.7. The molecular formula is C33H52N6O10. The normalized spacial score (nSPS) is 13.0. The second kappa shape index (κ2) is 23.7. The van der Waals surface area contributed by atoms with Crippen molar-refractivity contribution in [3.8, 4) is 0 Å². The van der Waals surface area contributed by atoms with Gasteiger partial charge in [-0.15, -0.1) is 0 Å². The molecule has 1 saturated heterocycles. The van der Waals surface area contributed by atoms with Crippen molar-refractivity contribution in [3.63, 3.8) is 0 Å². The molecule has 1 unspecified atom stereocenters. The number of nitrogens with one attached hydrogen (secondary N) is 4. The Morgan fingerprint density at radius 3 is 2.00 bits per heavy atom. The first-order valence-corrected chi connectivity index (χ1v) is 16.4. The number of hydrogen-bond donors (Lipinski definition) is 5. The van der Waals surface area contributed by atoms with Crippen molar-refractivity contribution >= 4 is 47.2 Å². The quantitative estimate of drug-likeness (QED) is 0.0746. The van der Waals surface area contributed by atoms with Crippen molar-refractivity contribution in [2.45, 2.75) is 73.0 Å². The number of urea groups is 1. The molecule has 6 N–H and O–H groups in total. The maximum absolute atomic E-state index is 12.7. The molecule has 1 aliphatic rings. The number of primary amides is 1. The predicted molar refractivity (Wildman–Crippen MR) is 180 cm³/mol. The van der Waals surface area contributed by atoms with E-state index in [4.69, 9.17) is 19.9 Å². The number of rotatable bonds is 20. The summed E-state index contributed by atoms with van der Waals surface area (Å²) in [5.74, 6) is -2.41. The molecule has 2 rings (SSSR count). The molecule has 1 aromatic carbocycles. The van der Waals surface area contributed by atoms with Gasteiger partial charge in [-0.25, -0.2) is 4.79 Å². The number of ether oxygens (including phenoxy) is 3. The van der Waals surface area contributed by atoms with Crippen LogP contribution in [0.25, 0.3) is 0 Å². The topological polar surface area (TPSA) is 225 Å². The van der Waals surface area contributed by atoms with Gasteiger partial charge < -0.3 is 41.2 Å². The molecule has 49 heavy (non-hydrogen) atoms. The van der Waals surface area contributed by atoms with Crippen molar-refractivity contribution < 1.29 is 47.8 Å². The highest BCUT2D eigenvalue weighted by molar-refractivity contribution is 6.01. The molecule has 0 spiro atoms. The average molecular weight is 693 g/mol. The minimum Gasteiger partial charge on any atom is -0.461 e. The minimum atomic E-state index is -0.836. The van der Waals surface area contributed by atoms with E-state index in [9.17, 15) is 33.6 Å². The van der Waals surface area contributed by atoms with Gasteiger partial charge in [0.25, 0.3) is 0 Å². The maximum Gasteiger partial charge on any atom is 0.312 e. The Balaban J connectivity index is 0.00000154. The monoisotopic (exact) mass is 692 g/mol. The fourth-order valence-electron chi connectivity index (χ4n) is 4.03. The van der Waals surface area contributed by atoms with Gasteiger partial charge in [0.1, 0.15) is 12.6 Å². The summed E-state index contributed by atoms with van der Waals surface area (Å²) < 4.78 is 15.9. The van der Waals surface area contributed by atoms with Gasteiger partial charge in [-0.1, -0.05) is 46.8 Å². The summed E-state index contributed by atoms with van der Waals surface area (Å²) in [5, 5.41) is 10.3. The first-order valence-electron chi connectivity index (χ1n) is 16.4. The fraction of sp³-hybridized carbons (Fsp3) is 0.606. The van der Waals surface area contributed by atoms with Gasteiger partial charge in [-0.2, -0.15) is 0 Å². The maximum atomic E-state index is 12.7. The summed E-state index contributed by atoms with van der Waals surface area (Å²) in [5.41, 5.74) is 6.02. The van der Waals surface area contributed by atoms with Crippen molar-refractivity contribution in [3.05, 3.63) is 29.8 Å². The summed E-state index contributed by atoms with van der Waals surface area (Å²) in [6.45, 7) is 10.6. The molecule has 0 bridgehead atoms. The van der Waals surface area contributed by atoms with E-state index in [-0.39, 0.29) is 101 Å². The number of likely N-dealkylation sites (tertiary alicyclic amines) is 1. The van der Waals surface area contributed by atoms with Gasteiger partial charge in [0.15, 0.2) is 0 Å². The van der Waals surface area contributed by atoms with Crippen LogP contribution in [-0.2, 0) is 49.6 Å². The number of imide groups is 1. The first kappa shape index (κ1) is 42.5. The molecule has 0 radical (unpaired) electrons. The van der Waals surface area contributed by atoms with E-state index in [2.05, 4.69) is 21.3 Å². The summed E-state index contributed by atoms with van der Waals surface area (Å²) in [6, 6.07) is 5.51. The highest BCUT2D eigenvalue weighted by atomic mass is 16.5. The number of benzene rings is 1. The van der Waals surface area contributed by atoms with Gasteiger partial charge in [-0.05, 0) is 30.0 Å². The lowest BCUT2D eigenvalue weighted by Crippen LogP contribution is -2.51. The van der Waals surface area contributed by atoms with Gasteiger partial charge in [0.2, 0.25) is 29.5 Å². The van der Waals surface area contributed by atoms with Gasteiger partial charge in [0.05, 0.1) is 45.4 Å². The van der Waals surface area contributed by atoms with Crippen LogP contribution in [0.15, 0.2) is 24.3 Å². The molecule has 0 aliphatic carbocycles. The molecule has 1 aromatic rings. The summed E-state index contributed by atoms with van der Waals surface area (Å²) >= 11 is 0. The van der Waals surface area contributed by atoms with Crippen LogP contribution >= 0.6 is 0 Å². The molecule has 274 valence electrons. The third kappa shape index (κ3) is 18.5. The molecule has 1 heterocycles. The predicted octanol–water partition coefficient (Wildman–Crippen LogP) is 1.22. The minimum absolute atomic E-state index is 0.0282. The molecule has 7 amide bonds. The lowest BCUT2D eigenvalue weighted by atomic mass is 10.0. The SMILES string of the molecule is CC(C)C(=O)OCc1ccc(NC(=O)CNC(=O)C(NC(=O)CCOCCOCCN2C(=O)CCC2=O)C(C)C)cc1.CCCNC(N)=O. The number of anilines is 1. The van der Waals surface area contributed by atoms with E-state index >= 15 is 0 Å². The second-order valence-electron chi connectivity index (χ2n) is 11.7. The van der Waals surface area contributed by atoms with E-state index in [0.29, 0.717) is 12.2 Å². The Bertz CT molecular complexity index is 1220.